The number of primary amides is 1. The van der Waals surface area contributed by atoms with Crippen LogP contribution in [-0.2, 0) is 4.79 Å². The maximum atomic E-state index is 12.6. The third-order valence-electron chi connectivity index (χ3n) is 2.45. The molecule has 0 bridgehead atoms. The number of carbonyl (C=O) groups is 2. The van der Waals surface area contributed by atoms with Crippen LogP contribution in [0.25, 0.3) is 0 Å². The Morgan fingerprint density at radius 2 is 1.82 bits per heavy atom. The van der Waals surface area contributed by atoms with Gasteiger partial charge in [0, 0.05) is 12.0 Å². The molecule has 0 aliphatic heterocycles. The molecule has 0 saturated heterocycles. The van der Waals surface area contributed by atoms with Gasteiger partial charge in [0.05, 0.1) is 6.04 Å². The molecule has 1 atom stereocenters. The van der Waals surface area contributed by atoms with Gasteiger partial charge in [-0.15, -0.1) is 0 Å². The monoisotopic (exact) mass is 238 g/mol. The van der Waals surface area contributed by atoms with Crippen LogP contribution in [-0.4, -0.2) is 17.7 Å². The highest BCUT2D eigenvalue weighted by molar-refractivity contribution is 5.96. The van der Waals surface area contributed by atoms with Crippen molar-refractivity contribution in [2.24, 2.45) is 11.5 Å². The first-order valence-corrected chi connectivity index (χ1v) is 5.34. The van der Waals surface area contributed by atoms with Crippen LogP contribution in [0, 0.1) is 5.82 Å². The van der Waals surface area contributed by atoms with E-state index in [0.29, 0.717) is 18.4 Å². The Kier molecular flexibility index (Phi) is 4.78. The van der Waals surface area contributed by atoms with Crippen molar-refractivity contribution < 1.29 is 14.0 Å². The molecule has 1 rings (SSSR count). The summed E-state index contributed by atoms with van der Waals surface area (Å²) in [5, 5.41) is 0. The Morgan fingerprint density at radius 3 is 2.35 bits per heavy atom. The second kappa shape index (κ2) is 6.10. The molecule has 4 nitrogen and oxygen atoms in total. The van der Waals surface area contributed by atoms with Gasteiger partial charge in [-0.1, -0.05) is 0 Å². The van der Waals surface area contributed by atoms with Crippen molar-refractivity contribution in [2.75, 3.05) is 0 Å². The van der Waals surface area contributed by atoms with Crippen LogP contribution in [0.1, 0.15) is 29.6 Å². The molecule has 0 aliphatic carbocycles. The van der Waals surface area contributed by atoms with E-state index in [1.165, 1.54) is 24.3 Å². The van der Waals surface area contributed by atoms with E-state index < -0.39 is 11.9 Å². The standard InChI is InChI=1S/C12H15FN2O2/c13-9-6-4-8(5-7-9)11(16)3-1-2-10(14)12(15)17/h4-7,10H,1-3,14H2,(H2,15,17). The minimum Gasteiger partial charge on any atom is -0.368 e. The van der Waals surface area contributed by atoms with Gasteiger partial charge < -0.3 is 11.5 Å². The lowest BCUT2D eigenvalue weighted by Crippen LogP contribution is -2.36. The van der Waals surface area contributed by atoms with Gasteiger partial charge in [-0.3, -0.25) is 9.59 Å². The number of rotatable bonds is 6. The predicted octanol–water partition coefficient (Wildman–Crippen LogP) is 0.991. The van der Waals surface area contributed by atoms with Crippen LogP contribution in [0.4, 0.5) is 4.39 Å². The molecule has 92 valence electrons. The normalized spacial score (nSPS) is 12.1. The summed E-state index contributed by atoms with van der Waals surface area (Å²) < 4.78 is 12.6. The highest BCUT2D eigenvalue weighted by Crippen LogP contribution is 2.09. The fourth-order valence-electron chi connectivity index (χ4n) is 1.40. The number of nitrogens with two attached hydrogens (primary N) is 2. The fourth-order valence-corrected chi connectivity index (χ4v) is 1.40. The molecule has 0 aromatic heterocycles. The zero-order valence-electron chi connectivity index (χ0n) is 9.36. The van der Waals surface area contributed by atoms with Crippen LogP contribution in [0.3, 0.4) is 0 Å². The van der Waals surface area contributed by atoms with Crippen molar-refractivity contribution in [1.82, 2.24) is 0 Å². The summed E-state index contributed by atoms with van der Waals surface area (Å²) in [7, 11) is 0. The van der Waals surface area contributed by atoms with Gasteiger partial charge in [0.25, 0.3) is 0 Å². The maximum absolute atomic E-state index is 12.6. The molecule has 1 unspecified atom stereocenters. The van der Waals surface area contributed by atoms with E-state index in [-0.39, 0.29) is 18.0 Å². The lowest BCUT2D eigenvalue weighted by atomic mass is 10.0. The summed E-state index contributed by atoms with van der Waals surface area (Å²) in [6.07, 6.45) is 1.13. The maximum Gasteiger partial charge on any atom is 0.234 e. The molecule has 0 saturated carbocycles. The van der Waals surface area contributed by atoms with Gasteiger partial charge in [0.1, 0.15) is 5.82 Å². The average Bonchev–Trinajstić information content (AvgIpc) is 2.29. The Balaban J connectivity index is 2.40. The molecule has 1 aromatic carbocycles. The van der Waals surface area contributed by atoms with Crippen molar-refractivity contribution in [3.05, 3.63) is 35.6 Å². The number of hydrogen-bond acceptors (Lipinski definition) is 3. The highest BCUT2D eigenvalue weighted by Gasteiger charge is 2.11. The van der Waals surface area contributed by atoms with Crippen molar-refractivity contribution >= 4 is 11.7 Å². The SMILES string of the molecule is NC(=O)C(N)CCCC(=O)c1ccc(F)cc1. The Bertz CT molecular complexity index is 403. The van der Waals surface area contributed by atoms with Gasteiger partial charge in [0.2, 0.25) is 5.91 Å². The van der Waals surface area contributed by atoms with Gasteiger partial charge in [-0.2, -0.15) is 0 Å². The van der Waals surface area contributed by atoms with E-state index in [1.54, 1.807) is 0 Å². The summed E-state index contributed by atoms with van der Waals surface area (Å²) in [5.41, 5.74) is 10.9. The first-order chi connectivity index (χ1) is 8.00. The highest BCUT2D eigenvalue weighted by atomic mass is 19.1. The van der Waals surface area contributed by atoms with Crippen LogP contribution >= 0.6 is 0 Å². The minimum absolute atomic E-state index is 0.0957. The number of hydrogen-bond donors (Lipinski definition) is 2. The number of halogens is 1. The Labute approximate surface area is 98.8 Å². The van der Waals surface area contributed by atoms with E-state index in [0.717, 1.165) is 0 Å². The summed E-state index contributed by atoms with van der Waals surface area (Å²) in [6, 6.07) is 4.64. The van der Waals surface area contributed by atoms with Gasteiger partial charge in [-0.25, -0.2) is 4.39 Å². The van der Waals surface area contributed by atoms with Crippen LogP contribution in [0.2, 0.25) is 0 Å². The Morgan fingerprint density at radius 1 is 1.24 bits per heavy atom. The largest absolute Gasteiger partial charge is 0.368 e. The number of carbonyl (C=O) groups excluding carboxylic acids is 2. The smallest absolute Gasteiger partial charge is 0.234 e. The molecule has 4 N–H and O–H groups in total. The van der Waals surface area contributed by atoms with Gasteiger partial charge in [-0.05, 0) is 37.1 Å². The first kappa shape index (κ1) is 13.3. The van der Waals surface area contributed by atoms with E-state index in [2.05, 4.69) is 0 Å². The Hall–Kier alpha value is -1.75. The van der Waals surface area contributed by atoms with Gasteiger partial charge >= 0.3 is 0 Å². The van der Waals surface area contributed by atoms with Crippen molar-refractivity contribution in [1.29, 1.82) is 0 Å². The summed E-state index contributed by atoms with van der Waals surface area (Å²) in [4.78, 5) is 22.3. The topological polar surface area (TPSA) is 86.2 Å². The summed E-state index contributed by atoms with van der Waals surface area (Å²) in [5.74, 6) is -1.04. The molecule has 17 heavy (non-hydrogen) atoms. The number of amides is 1. The van der Waals surface area contributed by atoms with Crippen molar-refractivity contribution in [3.8, 4) is 0 Å². The lowest BCUT2D eigenvalue weighted by Gasteiger charge is -2.06. The minimum atomic E-state index is -0.712. The zero-order valence-corrected chi connectivity index (χ0v) is 9.36. The second-order valence-electron chi connectivity index (χ2n) is 3.83. The zero-order chi connectivity index (χ0) is 12.8. The van der Waals surface area contributed by atoms with Crippen molar-refractivity contribution in [3.63, 3.8) is 0 Å². The lowest BCUT2D eigenvalue weighted by molar-refractivity contribution is -0.119. The molecule has 0 fully saturated rings. The number of ketones is 1. The summed E-state index contributed by atoms with van der Waals surface area (Å²) in [6.45, 7) is 0. The first-order valence-electron chi connectivity index (χ1n) is 5.34. The second-order valence-corrected chi connectivity index (χ2v) is 3.83. The number of Topliss-reactive ketones (excluding diaryl/α,β-unsaturated/α-hetero) is 1. The van der Waals surface area contributed by atoms with Crippen LogP contribution in [0.15, 0.2) is 24.3 Å². The third-order valence-corrected chi connectivity index (χ3v) is 2.45. The van der Waals surface area contributed by atoms with Crippen LogP contribution < -0.4 is 11.5 Å². The predicted molar refractivity (Wildman–Crippen MR) is 61.8 cm³/mol. The van der Waals surface area contributed by atoms with E-state index in [9.17, 15) is 14.0 Å². The molecular weight excluding hydrogens is 223 g/mol. The van der Waals surface area contributed by atoms with E-state index in [4.69, 9.17) is 11.5 Å². The molecule has 0 heterocycles. The van der Waals surface area contributed by atoms with E-state index in [1.807, 2.05) is 0 Å². The molecule has 1 amide bonds. The van der Waals surface area contributed by atoms with Crippen molar-refractivity contribution in [2.45, 2.75) is 25.3 Å². The summed E-state index contributed by atoms with van der Waals surface area (Å²) >= 11 is 0. The average molecular weight is 238 g/mol. The van der Waals surface area contributed by atoms with E-state index >= 15 is 0 Å². The molecule has 0 spiro atoms. The van der Waals surface area contributed by atoms with Crippen LogP contribution in [0.5, 0.6) is 0 Å². The molecule has 0 aliphatic rings. The third kappa shape index (κ3) is 4.32. The number of benzene rings is 1. The molecule has 0 radical (unpaired) electrons. The molecule has 1 aromatic rings. The molecule has 5 heteroatoms. The quantitative estimate of drug-likeness (QED) is 0.724. The fraction of sp³-hybridized carbons (Fsp3) is 0.333. The molecular formula is C12H15FN2O2. The van der Waals surface area contributed by atoms with Gasteiger partial charge in [0.15, 0.2) is 5.78 Å².